The number of benzene rings is 1. The monoisotopic (exact) mass is 210 g/mol. The summed E-state index contributed by atoms with van der Waals surface area (Å²) in [5.74, 6) is 0.163. The summed E-state index contributed by atoms with van der Waals surface area (Å²) in [7, 11) is 6.43. The first-order chi connectivity index (χ1) is 5.24. The predicted octanol–water partition coefficient (Wildman–Crippen LogP) is 3.87. The van der Waals surface area contributed by atoms with Crippen LogP contribution in [-0.2, 0) is 5.75 Å². The second-order valence-electron chi connectivity index (χ2n) is 1.99. The van der Waals surface area contributed by atoms with Crippen molar-refractivity contribution in [1.82, 2.24) is 0 Å². The summed E-state index contributed by atoms with van der Waals surface area (Å²) in [4.78, 5) is 0. The third-order valence-corrected chi connectivity index (χ3v) is 2.21. The van der Waals surface area contributed by atoms with Gasteiger partial charge in [-0.15, -0.1) is 0 Å². The van der Waals surface area contributed by atoms with E-state index in [1.54, 1.807) is 12.1 Å². The highest BCUT2D eigenvalue weighted by Crippen LogP contribution is 2.20. The van der Waals surface area contributed by atoms with Gasteiger partial charge < -0.3 is 0 Å². The number of rotatable bonds is 2. The van der Waals surface area contributed by atoms with E-state index in [1.165, 1.54) is 6.07 Å². The minimum atomic E-state index is -0.300. The maximum atomic E-state index is 12.9. The Bertz CT molecular complexity index is 252. The van der Waals surface area contributed by atoms with E-state index < -0.39 is 0 Å². The van der Waals surface area contributed by atoms with Gasteiger partial charge in [0.05, 0.1) is 0 Å². The smallest absolute Gasteiger partial charge is 0.128 e. The van der Waals surface area contributed by atoms with E-state index in [1.807, 2.05) is 0 Å². The van der Waals surface area contributed by atoms with Crippen molar-refractivity contribution < 1.29 is 4.39 Å². The van der Waals surface area contributed by atoms with Gasteiger partial charge >= 0.3 is 0 Å². The molecular weight excluding hydrogens is 206 g/mol. The normalized spacial score (nSPS) is 10.1. The van der Waals surface area contributed by atoms with Gasteiger partial charge in [0.25, 0.3) is 0 Å². The topological polar surface area (TPSA) is 0 Å². The van der Waals surface area contributed by atoms with E-state index in [-0.39, 0.29) is 5.82 Å². The molecule has 0 fully saturated rings. The summed E-state index contributed by atoms with van der Waals surface area (Å²) in [5, 5.41) is 0.408. The maximum absolute atomic E-state index is 12.9. The average Bonchev–Trinajstić information content (AvgIpc) is 1.95. The van der Waals surface area contributed by atoms with Crippen LogP contribution in [0.3, 0.4) is 0 Å². The predicted molar refractivity (Wildman–Crippen MR) is 48.6 cm³/mol. The Morgan fingerprint density at radius 3 is 2.73 bits per heavy atom. The van der Waals surface area contributed by atoms with Crippen molar-refractivity contribution in [3.8, 4) is 0 Å². The number of halogens is 3. The molecule has 0 saturated carbocycles. The molecule has 0 aliphatic heterocycles. The Morgan fingerprint density at radius 1 is 1.45 bits per heavy atom. The molecule has 0 saturated heterocycles. The van der Waals surface area contributed by atoms with Crippen LogP contribution in [0, 0.1) is 5.82 Å². The van der Waals surface area contributed by atoms with E-state index in [0.717, 1.165) is 11.0 Å². The van der Waals surface area contributed by atoms with E-state index in [9.17, 15) is 4.39 Å². The molecule has 1 aromatic carbocycles. The van der Waals surface area contributed by atoms with E-state index in [4.69, 9.17) is 22.3 Å². The second-order valence-corrected chi connectivity index (χ2v) is 3.59. The first-order valence-corrected chi connectivity index (χ1v) is 5.10. The minimum Gasteiger partial charge on any atom is -0.207 e. The average molecular weight is 211 g/mol. The molecule has 0 aliphatic rings. The molecule has 0 heterocycles. The van der Waals surface area contributed by atoms with Crippen LogP contribution in [0.25, 0.3) is 0 Å². The fourth-order valence-electron chi connectivity index (χ4n) is 0.698. The molecule has 0 spiro atoms. The zero-order chi connectivity index (χ0) is 8.27. The third-order valence-electron chi connectivity index (χ3n) is 1.23. The highest BCUT2D eigenvalue weighted by molar-refractivity contribution is 8.20. The highest BCUT2D eigenvalue weighted by Gasteiger charge is 2.01. The lowest BCUT2D eigenvalue weighted by molar-refractivity contribution is 0.617. The van der Waals surface area contributed by atoms with Gasteiger partial charge in [-0.2, -0.15) is 0 Å². The molecule has 0 aliphatic carbocycles. The molecule has 0 atom stereocenters. The van der Waals surface area contributed by atoms with Gasteiger partial charge in [0, 0.05) is 10.8 Å². The van der Waals surface area contributed by atoms with Gasteiger partial charge in [-0.25, -0.2) is 4.39 Å². The molecule has 0 amide bonds. The van der Waals surface area contributed by atoms with Crippen molar-refractivity contribution in [2.75, 3.05) is 0 Å². The van der Waals surface area contributed by atoms with Crippen LogP contribution >= 0.6 is 33.3 Å². The standard InChI is InChI=1S/C7H5Cl2FS/c8-6-2-1-5(4-11-9)7(10)3-6/h1-3H,4H2. The summed E-state index contributed by atoms with van der Waals surface area (Å²) >= 11 is 5.54. The Labute approximate surface area is 78.2 Å². The minimum absolute atomic E-state index is 0.300. The van der Waals surface area contributed by atoms with E-state index >= 15 is 0 Å². The van der Waals surface area contributed by atoms with Crippen LogP contribution < -0.4 is 0 Å². The quantitative estimate of drug-likeness (QED) is 0.715. The molecule has 0 aromatic heterocycles. The SMILES string of the molecule is Fc1cc(Cl)ccc1CSCl. The molecule has 0 unspecified atom stereocenters. The van der Waals surface area contributed by atoms with Gasteiger partial charge in [0.2, 0.25) is 0 Å². The lowest BCUT2D eigenvalue weighted by Gasteiger charge is -1.98. The first kappa shape index (κ1) is 9.17. The zero-order valence-corrected chi connectivity index (χ0v) is 7.81. The van der Waals surface area contributed by atoms with Gasteiger partial charge in [0.1, 0.15) is 5.82 Å². The highest BCUT2D eigenvalue weighted by atomic mass is 35.7. The molecule has 0 bridgehead atoms. The van der Waals surface area contributed by atoms with Gasteiger partial charge in [0.15, 0.2) is 0 Å². The summed E-state index contributed by atoms with van der Waals surface area (Å²) in [6.45, 7) is 0. The Hall–Kier alpha value is 0.0800. The van der Waals surface area contributed by atoms with Crippen molar-refractivity contribution in [2.45, 2.75) is 5.75 Å². The fraction of sp³-hybridized carbons (Fsp3) is 0.143. The van der Waals surface area contributed by atoms with Gasteiger partial charge in [-0.3, -0.25) is 0 Å². The van der Waals surface area contributed by atoms with E-state index in [2.05, 4.69) is 0 Å². The summed E-state index contributed by atoms with van der Waals surface area (Å²) < 4.78 is 12.9. The Morgan fingerprint density at radius 2 is 2.18 bits per heavy atom. The molecule has 0 radical (unpaired) electrons. The summed E-state index contributed by atoms with van der Waals surface area (Å²) in [6.07, 6.45) is 0. The van der Waals surface area contributed by atoms with Crippen LogP contribution in [0.1, 0.15) is 5.56 Å². The van der Waals surface area contributed by atoms with Crippen molar-refractivity contribution in [1.29, 1.82) is 0 Å². The van der Waals surface area contributed by atoms with Crippen LogP contribution in [0.5, 0.6) is 0 Å². The van der Waals surface area contributed by atoms with Gasteiger partial charge in [-0.05, 0) is 28.4 Å². The molecule has 4 heteroatoms. The zero-order valence-electron chi connectivity index (χ0n) is 5.48. The molecule has 1 aromatic rings. The maximum Gasteiger partial charge on any atom is 0.128 e. The Kier molecular flexibility index (Phi) is 3.49. The molecule has 0 nitrogen and oxygen atoms in total. The van der Waals surface area contributed by atoms with Crippen LogP contribution in [-0.4, -0.2) is 0 Å². The van der Waals surface area contributed by atoms with Crippen molar-refractivity contribution in [3.05, 3.63) is 34.6 Å². The number of hydrogen-bond donors (Lipinski definition) is 0. The Balaban J connectivity index is 2.90. The third kappa shape index (κ3) is 2.55. The lowest BCUT2D eigenvalue weighted by Crippen LogP contribution is -1.84. The van der Waals surface area contributed by atoms with Crippen LogP contribution in [0.15, 0.2) is 18.2 Å². The van der Waals surface area contributed by atoms with Crippen LogP contribution in [0.2, 0.25) is 5.02 Å². The van der Waals surface area contributed by atoms with Crippen molar-refractivity contribution in [2.24, 2.45) is 0 Å². The molecule has 1 rings (SSSR count). The first-order valence-electron chi connectivity index (χ1n) is 2.91. The van der Waals surface area contributed by atoms with Crippen LogP contribution in [0.4, 0.5) is 4.39 Å². The lowest BCUT2D eigenvalue weighted by atomic mass is 10.2. The fourth-order valence-corrected chi connectivity index (χ4v) is 1.56. The van der Waals surface area contributed by atoms with Crippen molar-refractivity contribution >= 4 is 33.3 Å². The van der Waals surface area contributed by atoms with E-state index in [0.29, 0.717) is 16.3 Å². The molecule has 11 heavy (non-hydrogen) atoms. The molecule has 60 valence electrons. The summed E-state index contributed by atoms with van der Waals surface area (Å²) in [6, 6.07) is 4.56. The van der Waals surface area contributed by atoms with Crippen molar-refractivity contribution in [3.63, 3.8) is 0 Å². The summed E-state index contributed by atoms with van der Waals surface area (Å²) in [5.41, 5.74) is 0.578. The second kappa shape index (κ2) is 4.19. The van der Waals surface area contributed by atoms with Gasteiger partial charge in [-0.1, -0.05) is 28.6 Å². The number of hydrogen-bond acceptors (Lipinski definition) is 1. The largest absolute Gasteiger partial charge is 0.207 e. The molecule has 0 N–H and O–H groups in total. The molecular formula is C7H5Cl2FS.